The molecule has 0 aliphatic carbocycles. The molecular weight excluding hydrogens is 172 g/mol. The maximum Gasteiger partial charge on any atom is 0.0107 e. The van der Waals surface area contributed by atoms with E-state index in [1.807, 2.05) is 0 Å². The van der Waals surface area contributed by atoms with Gasteiger partial charge in [0.05, 0.1) is 0 Å². The van der Waals surface area contributed by atoms with E-state index in [0.29, 0.717) is 6.04 Å². The molecule has 0 heterocycles. The number of likely N-dealkylation sites (N-methyl/N-ethyl adjacent to an activating group) is 1. The number of hydrogen-bond donors (Lipinski definition) is 1. The molecule has 14 heavy (non-hydrogen) atoms. The average Bonchev–Trinajstić information content (AvgIpc) is 2.16. The minimum absolute atomic E-state index is 0.635. The SMILES string of the molecule is CCCN(CC)CCNC(C)C(C)C. The predicted molar refractivity (Wildman–Crippen MR) is 64.7 cm³/mol. The van der Waals surface area contributed by atoms with Crippen molar-refractivity contribution in [3.63, 3.8) is 0 Å². The molecule has 0 amide bonds. The van der Waals surface area contributed by atoms with Crippen molar-refractivity contribution in [2.75, 3.05) is 26.2 Å². The van der Waals surface area contributed by atoms with Crippen molar-refractivity contribution < 1.29 is 0 Å². The van der Waals surface area contributed by atoms with Gasteiger partial charge in [0.2, 0.25) is 0 Å². The van der Waals surface area contributed by atoms with E-state index in [-0.39, 0.29) is 0 Å². The summed E-state index contributed by atoms with van der Waals surface area (Å²) < 4.78 is 0. The quantitative estimate of drug-likeness (QED) is 0.647. The number of nitrogens with zero attached hydrogens (tertiary/aromatic N) is 1. The van der Waals surface area contributed by atoms with Crippen molar-refractivity contribution in [3.8, 4) is 0 Å². The van der Waals surface area contributed by atoms with Gasteiger partial charge in [-0.1, -0.05) is 27.7 Å². The van der Waals surface area contributed by atoms with Crippen LogP contribution in [0.2, 0.25) is 0 Å². The highest BCUT2D eigenvalue weighted by Crippen LogP contribution is 1.99. The van der Waals surface area contributed by atoms with Gasteiger partial charge in [-0.15, -0.1) is 0 Å². The fourth-order valence-corrected chi connectivity index (χ4v) is 1.43. The first-order chi connectivity index (χ1) is 6.61. The topological polar surface area (TPSA) is 15.3 Å². The maximum atomic E-state index is 3.56. The zero-order valence-corrected chi connectivity index (χ0v) is 10.6. The molecule has 0 aliphatic rings. The third-order valence-electron chi connectivity index (χ3n) is 2.88. The standard InChI is InChI=1S/C12H28N2/c1-6-9-14(7-2)10-8-13-12(5)11(3)4/h11-13H,6-10H2,1-5H3. The van der Waals surface area contributed by atoms with Crippen LogP contribution >= 0.6 is 0 Å². The van der Waals surface area contributed by atoms with E-state index in [1.165, 1.54) is 26.1 Å². The molecule has 0 rings (SSSR count). The Balaban J connectivity index is 3.50. The Morgan fingerprint density at radius 2 is 1.71 bits per heavy atom. The molecule has 0 saturated carbocycles. The molecule has 0 aromatic carbocycles. The summed E-state index contributed by atoms with van der Waals surface area (Å²) in [5.74, 6) is 0.733. The Labute approximate surface area is 90.1 Å². The normalized spacial score (nSPS) is 13.9. The Bertz CT molecular complexity index is 123. The van der Waals surface area contributed by atoms with Crippen LogP contribution < -0.4 is 5.32 Å². The summed E-state index contributed by atoms with van der Waals surface area (Å²) in [4.78, 5) is 2.50. The Morgan fingerprint density at radius 3 is 2.14 bits per heavy atom. The molecule has 0 aromatic heterocycles. The first-order valence-corrected chi connectivity index (χ1v) is 6.07. The maximum absolute atomic E-state index is 3.56. The molecule has 2 nitrogen and oxygen atoms in total. The van der Waals surface area contributed by atoms with Gasteiger partial charge in [-0.05, 0) is 32.4 Å². The molecular formula is C12H28N2. The summed E-state index contributed by atoms with van der Waals surface area (Å²) >= 11 is 0. The van der Waals surface area contributed by atoms with Crippen LogP contribution in [0.1, 0.15) is 41.0 Å². The van der Waals surface area contributed by atoms with E-state index >= 15 is 0 Å². The average molecular weight is 200 g/mol. The highest BCUT2D eigenvalue weighted by molar-refractivity contribution is 4.65. The van der Waals surface area contributed by atoms with Gasteiger partial charge in [0.25, 0.3) is 0 Å². The minimum Gasteiger partial charge on any atom is -0.313 e. The van der Waals surface area contributed by atoms with E-state index < -0.39 is 0 Å². The molecule has 0 bridgehead atoms. The highest BCUT2D eigenvalue weighted by Gasteiger charge is 2.06. The first kappa shape index (κ1) is 13.9. The lowest BCUT2D eigenvalue weighted by Gasteiger charge is -2.22. The van der Waals surface area contributed by atoms with Crippen LogP contribution in [0.25, 0.3) is 0 Å². The lowest BCUT2D eigenvalue weighted by atomic mass is 10.1. The molecule has 1 atom stereocenters. The highest BCUT2D eigenvalue weighted by atomic mass is 15.1. The molecule has 2 heteroatoms. The van der Waals surface area contributed by atoms with Crippen LogP contribution in [-0.4, -0.2) is 37.1 Å². The molecule has 0 aromatic rings. The van der Waals surface area contributed by atoms with Crippen LogP contribution in [0.15, 0.2) is 0 Å². The number of hydrogen-bond acceptors (Lipinski definition) is 2. The predicted octanol–water partition coefficient (Wildman–Crippen LogP) is 2.35. The summed E-state index contributed by atoms with van der Waals surface area (Å²) in [6.45, 7) is 16.0. The van der Waals surface area contributed by atoms with Gasteiger partial charge in [0, 0.05) is 19.1 Å². The molecule has 1 unspecified atom stereocenters. The molecule has 0 radical (unpaired) electrons. The first-order valence-electron chi connectivity index (χ1n) is 6.07. The third-order valence-corrected chi connectivity index (χ3v) is 2.88. The summed E-state index contributed by atoms with van der Waals surface area (Å²) in [7, 11) is 0. The van der Waals surface area contributed by atoms with Crippen molar-refractivity contribution in [3.05, 3.63) is 0 Å². The van der Waals surface area contributed by atoms with Gasteiger partial charge >= 0.3 is 0 Å². The Hall–Kier alpha value is -0.0800. The lowest BCUT2D eigenvalue weighted by Crippen LogP contribution is -2.38. The number of nitrogens with one attached hydrogen (secondary N) is 1. The van der Waals surface area contributed by atoms with Gasteiger partial charge in [-0.2, -0.15) is 0 Å². The Morgan fingerprint density at radius 1 is 1.07 bits per heavy atom. The van der Waals surface area contributed by atoms with Gasteiger partial charge in [-0.25, -0.2) is 0 Å². The van der Waals surface area contributed by atoms with Gasteiger partial charge in [0.1, 0.15) is 0 Å². The van der Waals surface area contributed by atoms with E-state index in [0.717, 1.165) is 12.5 Å². The zero-order chi connectivity index (χ0) is 11.0. The van der Waals surface area contributed by atoms with Gasteiger partial charge < -0.3 is 10.2 Å². The third kappa shape index (κ3) is 6.39. The Kier molecular flexibility index (Phi) is 8.20. The molecule has 0 spiro atoms. The van der Waals surface area contributed by atoms with Crippen molar-refractivity contribution in [1.29, 1.82) is 0 Å². The van der Waals surface area contributed by atoms with Gasteiger partial charge in [-0.3, -0.25) is 0 Å². The zero-order valence-electron chi connectivity index (χ0n) is 10.6. The van der Waals surface area contributed by atoms with Crippen LogP contribution in [-0.2, 0) is 0 Å². The fourth-order valence-electron chi connectivity index (χ4n) is 1.43. The summed E-state index contributed by atoms with van der Waals surface area (Å²) in [6.07, 6.45) is 1.26. The smallest absolute Gasteiger partial charge is 0.0107 e. The van der Waals surface area contributed by atoms with Crippen molar-refractivity contribution in [2.45, 2.75) is 47.1 Å². The molecule has 86 valence electrons. The van der Waals surface area contributed by atoms with Crippen LogP contribution in [0, 0.1) is 5.92 Å². The van der Waals surface area contributed by atoms with E-state index in [9.17, 15) is 0 Å². The van der Waals surface area contributed by atoms with Gasteiger partial charge in [0.15, 0.2) is 0 Å². The lowest BCUT2D eigenvalue weighted by molar-refractivity contribution is 0.277. The molecule has 0 fully saturated rings. The van der Waals surface area contributed by atoms with Crippen LogP contribution in [0.5, 0.6) is 0 Å². The monoisotopic (exact) mass is 200 g/mol. The van der Waals surface area contributed by atoms with Crippen molar-refractivity contribution in [1.82, 2.24) is 10.2 Å². The second-order valence-corrected chi connectivity index (χ2v) is 4.42. The number of rotatable bonds is 8. The van der Waals surface area contributed by atoms with Crippen LogP contribution in [0.4, 0.5) is 0 Å². The van der Waals surface area contributed by atoms with E-state index in [4.69, 9.17) is 0 Å². The van der Waals surface area contributed by atoms with Crippen LogP contribution in [0.3, 0.4) is 0 Å². The molecule has 0 aliphatic heterocycles. The summed E-state index contributed by atoms with van der Waals surface area (Å²) in [5, 5.41) is 3.56. The van der Waals surface area contributed by atoms with E-state index in [2.05, 4.69) is 44.8 Å². The van der Waals surface area contributed by atoms with Crippen molar-refractivity contribution >= 4 is 0 Å². The molecule has 0 saturated heterocycles. The summed E-state index contributed by atoms with van der Waals surface area (Å²) in [5.41, 5.74) is 0. The largest absolute Gasteiger partial charge is 0.313 e. The summed E-state index contributed by atoms with van der Waals surface area (Å²) in [6, 6.07) is 0.635. The minimum atomic E-state index is 0.635. The fraction of sp³-hybridized carbons (Fsp3) is 1.00. The second-order valence-electron chi connectivity index (χ2n) is 4.42. The molecule has 1 N–H and O–H groups in total. The van der Waals surface area contributed by atoms with E-state index in [1.54, 1.807) is 0 Å². The van der Waals surface area contributed by atoms with Crippen molar-refractivity contribution in [2.24, 2.45) is 5.92 Å². The second kappa shape index (κ2) is 8.25.